The van der Waals surface area contributed by atoms with Gasteiger partial charge in [-0.1, -0.05) is 31.1 Å². The summed E-state index contributed by atoms with van der Waals surface area (Å²) in [6.45, 7) is 4.53. The minimum atomic E-state index is -3.09. The van der Waals surface area contributed by atoms with Gasteiger partial charge in [0.1, 0.15) is 6.04 Å². The minimum absolute atomic E-state index is 0.0274. The fraction of sp³-hybridized carbons (Fsp3) is 0.778. The van der Waals surface area contributed by atoms with Crippen molar-refractivity contribution in [1.82, 2.24) is 25.4 Å². The van der Waals surface area contributed by atoms with Gasteiger partial charge in [0, 0.05) is 25.3 Å². The molecule has 0 spiro atoms. The van der Waals surface area contributed by atoms with E-state index >= 15 is 0 Å². The van der Waals surface area contributed by atoms with Gasteiger partial charge in [0.05, 0.1) is 37.2 Å². The second-order valence-electron chi connectivity index (χ2n) is 12.1. The van der Waals surface area contributed by atoms with Crippen molar-refractivity contribution in [3.63, 3.8) is 0 Å². The molecule has 228 valence electrons. The number of halogens is 3. The summed E-state index contributed by atoms with van der Waals surface area (Å²) < 4.78 is 48.8. The molecule has 4 aliphatic rings. The Labute approximate surface area is 241 Å². The lowest BCUT2D eigenvalue weighted by Gasteiger charge is -2.42. The van der Waals surface area contributed by atoms with Gasteiger partial charge in [-0.3, -0.25) is 14.5 Å². The molecular weight excluding hydrogens is 561 g/mol. The highest BCUT2D eigenvalue weighted by Gasteiger charge is 2.52. The molecule has 2 aliphatic carbocycles. The zero-order valence-electron chi connectivity index (χ0n) is 23.5. The molecule has 2 saturated carbocycles. The molecule has 14 heteroatoms. The molecule has 5 rings (SSSR count). The van der Waals surface area contributed by atoms with Crippen molar-refractivity contribution < 1.29 is 32.3 Å². The topological polar surface area (TPSA) is 116 Å². The van der Waals surface area contributed by atoms with E-state index in [1.807, 2.05) is 6.92 Å². The lowest BCUT2D eigenvalue weighted by molar-refractivity contribution is -0.132. The summed E-state index contributed by atoms with van der Waals surface area (Å²) in [7, 11) is 0. The number of amides is 4. The molecule has 2 saturated heterocycles. The van der Waals surface area contributed by atoms with Crippen LogP contribution >= 0.6 is 11.3 Å². The number of morpholine rings is 1. The molecule has 0 radical (unpaired) electrons. The number of rotatable bonds is 9. The first-order valence-corrected chi connectivity index (χ1v) is 15.3. The standard InChI is InChI=1S/C27H39F3N6O4S/c1-16-3-5-18(6-4-16)21(33-23(38)26(28)7-8-26)22(37)34-24-31-11-20(41-24)19(12-35-9-10-40-13-17(35)2)36-15-27(29,30)14-32-25(36)39/h11,16-19,21H,3-10,12-15H2,1-2H3,(H,32,39)(H,33,38)(H,31,34,37)/t16?,17-,18?,19+,21-/m0/s1. The van der Waals surface area contributed by atoms with Gasteiger partial charge in [-0.05, 0) is 44.4 Å². The van der Waals surface area contributed by atoms with Crippen molar-refractivity contribution in [2.45, 2.75) is 82.1 Å². The Balaban J connectivity index is 1.34. The molecule has 3 heterocycles. The number of urea groups is 1. The summed E-state index contributed by atoms with van der Waals surface area (Å²) in [5.41, 5.74) is -1.91. The molecular formula is C27H39F3N6O4S. The maximum Gasteiger partial charge on any atom is 0.318 e. The average molecular weight is 601 g/mol. The van der Waals surface area contributed by atoms with Crippen LogP contribution in [0.5, 0.6) is 0 Å². The SMILES string of the molecule is CC1CCC([C@H](NC(=O)C2(F)CC2)C(=O)Nc2ncc([C@@H](CN3CCOC[C@@H]3C)N3CC(F)(F)CNC3=O)s2)CC1. The summed E-state index contributed by atoms with van der Waals surface area (Å²) in [5.74, 6) is -3.94. The van der Waals surface area contributed by atoms with E-state index in [2.05, 4.69) is 32.8 Å². The normalized spacial score (nSPS) is 29.2. The predicted molar refractivity (Wildman–Crippen MR) is 147 cm³/mol. The highest BCUT2D eigenvalue weighted by atomic mass is 32.1. The molecule has 0 bridgehead atoms. The first kappa shape index (κ1) is 30.0. The Morgan fingerprint density at radius 3 is 2.63 bits per heavy atom. The number of thiazole rings is 1. The molecule has 1 aromatic rings. The summed E-state index contributed by atoms with van der Waals surface area (Å²) in [6, 6.07) is -2.21. The third-order valence-corrected chi connectivity index (χ3v) is 9.74. The van der Waals surface area contributed by atoms with Crippen molar-refractivity contribution in [3.8, 4) is 0 Å². The van der Waals surface area contributed by atoms with E-state index < -0.39 is 54.6 Å². The maximum absolute atomic E-state index is 14.5. The molecule has 4 amide bonds. The predicted octanol–water partition coefficient (Wildman–Crippen LogP) is 3.32. The Hall–Kier alpha value is -2.45. The van der Waals surface area contributed by atoms with Crippen LogP contribution in [0, 0.1) is 11.8 Å². The van der Waals surface area contributed by atoms with Gasteiger partial charge in [-0.2, -0.15) is 0 Å². The van der Waals surface area contributed by atoms with Crippen LogP contribution in [0.4, 0.5) is 23.1 Å². The molecule has 0 aromatic carbocycles. The van der Waals surface area contributed by atoms with Gasteiger partial charge in [-0.25, -0.2) is 22.9 Å². The van der Waals surface area contributed by atoms with Crippen LogP contribution in [0.3, 0.4) is 0 Å². The molecule has 3 N–H and O–H groups in total. The number of alkyl halides is 3. The van der Waals surface area contributed by atoms with Crippen LogP contribution in [-0.4, -0.2) is 95.7 Å². The van der Waals surface area contributed by atoms with Crippen molar-refractivity contribution in [2.75, 3.05) is 44.7 Å². The number of nitrogens with zero attached hydrogens (tertiary/aromatic N) is 3. The average Bonchev–Trinajstić information content (AvgIpc) is 3.53. The number of hydrogen-bond donors (Lipinski definition) is 3. The highest BCUT2D eigenvalue weighted by Crippen LogP contribution is 2.41. The lowest BCUT2D eigenvalue weighted by Crippen LogP contribution is -2.59. The Kier molecular flexibility index (Phi) is 8.82. The minimum Gasteiger partial charge on any atom is -0.379 e. The first-order chi connectivity index (χ1) is 19.4. The molecule has 10 nitrogen and oxygen atoms in total. The fourth-order valence-corrected chi connectivity index (χ4v) is 6.76. The number of carbonyl (C=O) groups is 3. The molecule has 0 unspecified atom stereocenters. The van der Waals surface area contributed by atoms with Crippen LogP contribution in [0.25, 0.3) is 0 Å². The summed E-state index contributed by atoms with van der Waals surface area (Å²) >= 11 is 1.10. The summed E-state index contributed by atoms with van der Waals surface area (Å²) in [6.07, 6.45) is 5.09. The number of anilines is 1. The first-order valence-electron chi connectivity index (χ1n) is 14.4. The highest BCUT2D eigenvalue weighted by molar-refractivity contribution is 7.15. The van der Waals surface area contributed by atoms with E-state index in [9.17, 15) is 27.6 Å². The molecule has 4 fully saturated rings. The van der Waals surface area contributed by atoms with Crippen LogP contribution in [-0.2, 0) is 14.3 Å². The second-order valence-corrected chi connectivity index (χ2v) is 13.1. The number of nitrogens with one attached hydrogen (secondary N) is 3. The number of ether oxygens (including phenoxy) is 1. The monoisotopic (exact) mass is 600 g/mol. The molecule has 1 aromatic heterocycles. The van der Waals surface area contributed by atoms with Gasteiger partial charge in [0.25, 0.3) is 11.8 Å². The van der Waals surface area contributed by atoms with Crippen LogP contribution in [0.2, 0.25) is 0 Å². The third-order valence-electron chi connectivity index (χ3n) is 8.73. The largest absolute Gasteiger partial charge is 0.379 e. The van der Waals surface area contributed by atoms with Crippen LogP contribution < -0.4 is 16.0 Å². The zero-order chi connectivity index (χ0) is 29.4. The van der Waals surface area contributed by atoms with Crippen LogP contribution in [0.1, 0.15) is 63.3 Å². The van der Waals surface area contributed by atoms with Gasteiger partial charge in [-0.15, -0.1) is 0 Å². The quantitative estimate of drug-likeness (QED) is 0.401. The lowest BCUT2D eigenvalue weighted by atomic mass is 9.79. The van der Waals surface area contributed by atoms with E-state index in [0.29, 0.717) is 37.1 Å². The van der Waals surface area contributed by atoms with E-state index in [-0.39, 0.29) is 29.9 Å². The Bertz CT molecular complexity index is 1130. The zero-order valence-corrected chi connectivity index (χ0v) is 24.3. The van der Waals surface area contributed by atoms with E-state index in [1.165, 1.54) is 6.20 Å². The fourth-order valence-electron chi connectivity index (χ4n) is 5.84. The van der Waals surface area contributed by atoms with Crippen molar-refractivity contribution in [1.29, 1.82) is 0 Å². The van der Waals surface area contributed by atoms with Crippen molar-refractivity contribution >= 4 is 34.3 Å². The van der Waals surface area contributed by atoms with Gasteiger partial charge in [0.15, 0.2) is 10.8 Å². The Morgan fingerprint density at radius 1 is 1.22 bits per heavy atom. The van der Waals surface area contributed by atoms with E-state index in [4.69, 9.17) is 4.74 Å². The number of carbonyl (C=O) groups excluding carboxylic acids is 3. The third kappa shape index (κ3) is 7.14. The van der Waals surface area contributed by atoms with Gasteiger partial charge in [0.2, 0.25) is 5.91 Å². The second kappa shape index (κ2) is 12.0. The van der Waals surface area contributed by atoms with E-state index in [1.54, 1.807) is 0 Å². The van der Waals surface area contributed by atoms with Gasteiger partial charge < -0.3 is 25.6 Å². The van der Waals surface area contributed by atoms with Crippen molar-refractivity contribution in [3.05, 3.63) is 11.1 Å². The number of aromatic nitrogens is 1. The van der Waals surface area contributed by atoms with Crippen molar-refractivity contribution in [2.24, 2.45) is 11.8 Å². The molecule has 3 atom stereocenters. The van der Waals surface area contributed by atoms with Crippen LogP contribution in [0.15, 0.2) is 6.20 Å². The Morgan fingerprint density at radius 2 is 1.95 bits per heavy atom. The number of hydrogen-bond acceptors (Lipinski definition) is 7. The summed E-state index contributed by atoms with van der Waals surface area (Å²) in [4.78, 5) is 46.9. The maximum atomic E-state index is 14.5. The molecule has 41 heavy (non-hydrogen) atoms. The van der Waals surface area contributed by atoms with E-state index in [0.717, 1.165) is 41.9 Å². The summed E-state index contributed by atoms with van der Waals surface area (Å²) in [5, 5.41) is 7.95. The van der Waals surface area contributed by atoms with Gasteiger partial charge >= 0.3 is 6.03 Å². The smallest absolute Gasteiger partial charge is 0.318 e. The molecule has 2 aliphatic heterocycles.